The quantitative estimate of drug-likeness (QED) is 0.822. The number of alkyl halides is 3. The lowest BCUT2D eigenvalue weighted by atomic mass is 10.0. The molecule has 5 nitrogen and oxygen atoms in total. The first-order chi connectivity index (χ1) is 11.3. The highest BCUT2D eigenvalue weighted by Gasteiger charge is 2.37. The molecule has 0 aliphatic carbocycles. The molecular formula is C16H20F3NO4. The molecule has 0 radical (unpaired) electrons. The van der Waals surface area contributed by atoms with E-state index in [0.717, 1.165) is 4.90 Å². The SMILES string of the molecule is COc1cc(OC)cc(C(=O)N(CC(F)(F)F)C2CCOCC2)c1. The number of benzene rings is 1. The molecule has 0 bridgehead atoms. The van der Waals surface area contributed by atoms with Gasteiger partial charge in [0.25, 0.3) is 5.91 Å². The second kappa shape index (κ2) is 7.74. The molecule has 24 heavy (non-hydrogen) atoms. The number of carbonyl (C=O) groups is 1. The number of ether oxygens (including phenoxy) is 3. The fourth-order valence-electron chi connectivity index (χ4n) is 2.65. The van der Waals surface area contributed by atoms with E-state index >= 15 is 0 Å². The normalized spacial score (nSPS) is 15.9. The molecule has 0 atom stereocenters. The van der Waals surface area contributed by atoms with Crippen molar-refractivity contribution in [2.45, 2.75) is 25.1 Å². The Balaban J connectivity index is 2.32. The van der Waals surface area contributed by atoms with Crippen LogP contribution < -0.4 is 9.47 Å². The molecule has 0 saturated carbocycles. The minimum Gasteiger partial charge on any atom is -0.497 e. The topological polar surface area (TPSA) is 48.0 Å². The lowest BCUT2D eigenvalue weighted by Gasteiger charge is -2.35. The first kappa shape index (κ1) is 18.4. The van der Waals surface area contributed by atoms with Crippen LogP contribution in [0.3, 0.4) is 0 Å². The van der Waals surface area contributed by atoms with Crippen LogP contribution in [0.15, 0.2) is 18.2 Å². The zero-order valence-electron chi connectivity index (χ0n) is 13.6. The van der Waals surface area contributed by atoms with E-state index in [0.29, 0.717) is 37.6 Å². The number of hydrogen-bond donors (Lipinski definition) is 0. The predicted octanol–water partition coefficient (Wildman–Crippen LogP) is 2.89. The lowest BCUT2D eigenvalue weighted by molar-refractivity contribution is -0.147. The summed E-state index contributed by atoms with van der Waals surface area (Å²) in [6.45, 7) is -0.614. The van der Waals surface area contributed by atoms with Crippen molar-refractivity contribution in [1.82, 2.24) is 4.90 Å². The fraction of sp³-hybridized carbons (Fsp3) is 0.562. The van der Waals surface area contributed by atoms with Crippen LogP contribution in [0.1, 0.15) is 23.2 Å². The minimum absolute atomic E-state index is 0.0990. The summed E-state index contributed by atoms with van der Waals surface area (Å²) in [7, 11) is 2.82. The predicted molar refractivity (Wildman–Crippen MR) is 80.5 cm³/mol. The molecule has 0 spiro atoms. The molecule has 0 aromatic heterocycles. The summed E-state index contributed by atoms with van der Waals surface area (Å²) in [4.78, 5) is 13.6. The number of hydrogen-bond acceptors (Lipinski definition) is 4. The molecule has 2 rings (SSSR count). The van der Waals surface area contributed by atoms with Crippen molar-refractivity contribution in [2.24, 2.45) is 0 Å². The zero-order valence-corrected chi connectivity index (χ0v) is 13.6. The van der Waals surface area contributed by atoms with Gasteiger partial charge in [-0.3, -0.25) is 4.79 Å². The molecule has 134 valence electrons. The molecule has 8 heteroatoms. The number of carbonyl (C=O) groups excluding carboxylic acids is 1. The smallest absolute Gasteiger partial charge is 0.406 e. The van der Waals surface area contributed by atoms with Crippen LogP contribution in [-0.2, 0) is 4.74 Å². The molecule has 1 aliphatic heterocycles. The van der Waals surface area contributed by atoms with Gasteiger partial charge in [0.2, 0.25) is 0 Å². The van der Waals surface area contributed by atoms with E-state index in [1.165, 1.54) is 26.4 Å². The summed E-state index contributed by atoms with van der Waals surface area (Å²) in [5.41, 5.74) is 0.0990. The third-order valence-corrected chi connectivity index (χ3v) is 3.84. The second-order valence-corrected chi connectivity index (χ2v) is 5.49. The van der Waals surface area contributed by atoms with Gasteiger partial charge in [-0.1, -0.05) is 0 Å². The van der Waals surface area contributed by atoms with Gasteiger partial charge >= 0.3 is 6.18 Å². The summed E-state index contributed by atoms with van der Waals surface area (Å²) in [6.07, 6.45) is -3.72. The van der Waals surface area contributed by atoms with Crippen LogP contribution in [0.5, 0.6) is 11.5 Å². The molecule has 1 saturated heterocycles. The Labute approximate surface area is 138 Å². The standard InChI is InChI=1S/C16H20F3NO4/c1-22-13-7-11(8-14(9-13)23-2)15(21)20(10-16(17,18)19)12-3-5-24-6-4-12/h7-9,12H,3-6,10H2,1-2H3. The van der Waals surface area contributed by atoms with Gasteiger partial charge in [0.15, 0.2) is 0 Å². The largest absolute Gasteiger partial charge is 0.497 e. The van der Waals surface area contributed by atoms with Crippen molar-refractivity contribution in [3.8, 4) is 11.5 Å². The second-order valence-electron chi connectivity index (χ2n) is 5.49. The molecule has 0 unspecified atom stereocenters. The van der Waals surface area contributed by atoms with Gasteiger partial charge in [-0.2, -0.15) is 13.2 Å². The number of methoxy groups -OCH3 is 2. The number of halogens is 3. The molecule has 1 heterocycles. The van der Waals surface area contributed by atoms with Gasteiger partial charge in [0.05, 0.1) is 14.2 Å². The average Bonchev–Trinajstić information content (AvgIpc) is 2.58. The Hall–Kier alpha value is -1.96. The molecule has 1 amide bonds. The highest BCUT2D eigenvalue weighted by Crippen LogP contribution is 2.27. The zero-order chi connectivity index (χ0) is 17.7. The van der Waals surface area contributed by atoms with Crippen LogP contribution in [0, 0.1) is 0 Å². The Bertz CT molecular complexity index is 549. The van der Waals surface area contributed by atoms with E-state index in [9.17, 15) is 18.0 Å². The van der Waals surface area contributed by atoms with E-state index in [1.807, 2.05) is 0 Å². The summed E-state index contributed by atoms with van der Waals surface area (Å²) in [5.74, 6) is -0.00954. The maximum absolute atomic E-state index is 13.0. The Morgan fingerprint density at radius 2 is 1.71 bits per heavy atom. The summed E-state index contributed by atoms with van der Waals surface area (Å²) >= 11 is 0. The molecule has 1 fully saturated rings. The van der Waals surface area contributed by atoms with E-state index < -0.39 is 24.7 Å². The van der Waals surface area contributed by atoms with Gasteiger partial charge in [0.1, 0.15) is 18.0 Å². The maximum atomic E-state index is 13.0. The van der Waals surface area contributed by atoms with Crippen molar-refractivity contribution < 1.29 is 32.2 Å². The summed E-state index contributed by atoms with van der Waals surface area (Å²) in [6, 6.07) is 3.87. The highest BCUT2D eigenvalue weighted by molar-refractivity contribution is 5.95. The van der Waals surface area contributed by atoms with Crippen LogP contribution in [0.4, 0.5) is 13.2 Å². The lowest BCUT2D eigenvalue weighted by Crippen LogP contribution is -2.47. The van der Waals surface area contributed by atoms with Crippen molar-refractivity contribution in [2.75, 3.05) is 34.0 Å². The van der Waals surface area contributed by atoms with E-state index in [1.54, 1.807) is 6.07 Å². The van der Waals surface area contributed by atoms with Crippen molar-refractivity contribution >= 4 is 5.91 Å². The van der Waals surface area contributed by atoms with Crippen molar-refractivity contribution in [1.29, 1.82) is 0 Å². The number of nitrogens with zero attached hydrogens (tertiary/aromatic N) is 1. The van der Waals surface area contributed by atoms with E-state index in [-0.39, 0.29) is 5.56 Å². The van der Waals surface area contributed by atoms with Gasteiger partial charge < -0.3 is 19.1 Å². The average molecular weight is 347 g/mol. The monoisotopic (exact) mass is 347 g/mol. The Morgan fingerprint density at radius 1 is 1.17 bits per heavy atom. The summed E-state index contributed by atoms with van der Waals surface area (Å²) in [5, 5.41) is 0. The number of amides is 1. The Kier molecular flexibility index (Phi) is 5.93. The van der Waals surface area contributed by atoms with Gasteiger partial charge in [0, 0.05) is 30.9 Å². The molecule has 1 aliphatic rings. The van der Waals surface area contributed by atoms with Crippen LogP contribution in [0.25, 0.3) is 0 Å². The van der Waals surface area contributed by atoms with Crippen LogP contribution in [0.2, 0.25) is 0 Å². The van der Waals surface area contributed by atoms with E-state index in [2.05, 4.69) is 0 Å². The van der Waals surface area contributed by atoms with Crippen LogP contribution >= 0.6 is 0 Å². The third kappa shape index (κ3) is 4.77. The van der Waals surface area contributed by atoms with Gasteiger partial charge in [-0.15, -0.1) is 0 Å². The van der Waals surface area contributed by atoms with Crippen molar-refractivity contribution in [3.05, 3.63) is 23.8 Å². The van der Waals surface area contributed by atoms with Gasteiger partial charge in [-0.05, 0) is 25.0 Å². The van der Waals surface area contributed by atoms with Gasteiger partial charge in [-0.25, -0.2) is 0 Å². The summed E-state index contributed by atoms with van der Waals surface area (Å²) < 4.78 is 54.2. The van der Waals surface area contributed by atoms with Crippen molar-refractivity contribution in [3.63, 3.8) is 0 Å². The molecular weight excluding hydrogens is 327 g/mol. The fourth-order valence-corrected chi connectivity index (χ4v) is 2.65. The minimum atomic E-state index is -4.48. The highest BCUT2D eigenvalue weighted by atomic mass is 19.4. The number of rotatable bonds is 5. The molecule has 1 aromatic carbocycles. The Morgan fingerprint density at radius 3 is 2.17 bits per heavy atom. The van der Waals surface area contributed by atoms with E-state index in [4.69, 9.17) is 14.2 Å². The van der Waals surface area contributed by atoms with Crippen LogP contribution in [-0.4, -0.2) is 57.0 Å². The molecule has 0 N–H and O–H groups in total. The maximum Gasteiger partial charge on any atom is 0.406 e. The first-order valence-electron chi connectivity index (χ1n) is 7.52. The third-order valence-electron chi connectivity index (χ3n) is 3.84. The first-order valence-corrected chi connectivity index (χ1v) is 7.52. The molecule has 1 aromatic rings.